The number of hydrogen-bond acceptors (Lipinski definition) is 5. The Morgan fingerprint density at radius 3 is 2.50 bits per heavy atom. The van der Waals surface area contributed by atoms with E-state index in [1.165, 1.54) is 0 Å². The fourth-order valence-electron chi connectivity index (χ4n) is 4.85. The molecule has 1 aromatic heterocycles. The van der Waals surface area contributed by atoms with Gasteiger partial charge in [0.25, 0.3) is 5.91 Å². The molecule has 3 fully saturated rings. The van der Waals surface area contributed by atoms with Gasteiger partial charge in [-0.2, -0.15) is 5.10 Å². The molecular weight excluding hydrogens is 382 g/mol. The van der Waals surface area contributed by atoms with Crippen molar-refractivity contribution in [2.75, 3.05) is 39.4 Å². The normalized spacial score (nSPS) is 21.2. The maximum absolute atomic E-state index is 12.6. The quantitative estimate of drug-likeness (QED) is 0.694. The van der Waals surface area contributed by atoms with Crippen LogP contribution in [-0.2, 0) is 16.1 Å². The summed E-state index contributed by atoms with van der Waals surface area (Å²) in [6.07, 6.45) is 7.94. The van der Waals surface area contributed by atoms with E-state index in [-0.39, 0.29) is 5.91 Å². The van der Waals surface area contributed by atoms with E-state index in [0.29, 0.717) is 42.7 Å². The van der Waals surface area contributed by atoms with Gasteiger partial charge in [0, 0.05) is 70.1 Å². The van der Waals surface area contributed by atoms with E-state index in [9.17, 15) is 9.59 Å². The summed E-state index contributed by atoms with van der Waals surface area (Å²) in [7, 11) is 0. The van der Waals surface area contributed by atoms with Gasteiger partial charge in [0.1, 0.15) is 5.69 Å². The number of amides is 2. The van der Waals surface area contributed by atoms with Crippen LogP contribution in [0.15, 0.2) is 12.3 Å². The second-order valence-electron chi connectivity index (χ2n) is 8.70. The standard InChI is InChI=1S/C22H35N5O3/c1-2-27-20(5-10-24-27)21(28)23-11-14-26(19-8-15-30-16-9-19)18-6-12-25(13-7-18)22(29)17-3-4-17/h5,10,17-19H,2-4,6-9,11-16H2,1H3,(H,23,28). The molecule has 8 nitrogen and oxygen atoms in total. The number of hydrogen-bond donors (Lipinski definition) is 1. The highest BCUT2D eigenvalue weighted by Gasteiger charge is 2.37. The average Bonchev–Trinajstić information content (AvgIpc) is 3.53. The van der Waals surface area contributed by atoms with E-state index in [1.54, 1.807) is 16.9 Å². The van der Waals surface area contributed by atoms with Crippen LogP contribution in [0.2, 0.25) is 0 Å². The van der Waals surface area contributed by atoms with Crippen LogP contribution in [-0.4, -0.2) is 82.9 Å². The highest BCUT2D eigenvalue weighted by atomic mass is 16.5. The summed E-state index contributed by atoms with van der Waals surface area (Å²) in [6, 6.07) is 2.73. The van der Waals surface area contributed by atoms with Gasteiger partial charge >= 0.3 is 0 Å². The van der Waals surface area contributed by atoms with Gasteiger partial charge in [0.15, 0.2) is 0 Å². The fraction of sp³-hybridized carbons (Fsp3) is 0.773. The number of nitrogens with one attached hydrogen (secondary N) is 1. The summed E-state index contributed by atoms with van der Waals surface area (Å²) in [6.45, 7) is 7.46. The third-order valence-electron chi connectivity index (χ3n) is 6.74. The number of aromatic nitrogens is 2. The summed E-state index contributed by atoms with van der Waals surface area (Å²) < 4.78 is 7.30. The molecule has 4 rings (SSSR count). The van der Waals surface area contributed by atoms with Gasteiger partial charge in [-0.1, -0.05) is 0 Å². The molecule has 2 amide bonds. The predicted molar refractivity (Wildman–Crippen MR) is 113 cm³/mol. The lowest BCUT2D eigenvalue weighted by atomic mass is 9.97. The molecule has 1 saturated carbocycles. The second-order valence-corrected chi connectivity index (χ2v) is 8.70. The Kier molecular flexibility index (Phi) is 7.04. The monoisotopic (exact) mass is 417 g/mol. The van der Waals surface area contributed by atoms with Crippen molar-refractivity contribution in [3.05, 3.63) is 18.0 Å². The van der Waals surface area contributed by atoms with Crippen LogP contribution >= 0.6 is 0 Å². The van der Waals surface area contributed by atoms with E-state index in [4.69, 9.17) is 4.74 Å². The fourth-order valence-corrected chi connectivity index (χ4v) is 4.85. The minimum Gasteiger partial charge on any atom is -0.381 e. The lowest BCUT2D eigenvalue weighted by Gasteiger charge is -2.43. The van der Waals surface area contributed by atoms with Gasteiger partial charge < -0.3 is 15.0 Å². The van der Waals surface area contributed by atoms with E-state index in [0.717, 1.165) is 71.4 Å². The van der Waals surface area contributed by atoms with Crippen molar-refractivity contribution >= 4 is 11.8 Å². The van der Waals surface area contributed by atoms with Gasteiger partial charge in [0.2, 0.25) is 5.91 Å². The number of nitrogens with zero attached hydrogens (tertiary/aromatic N) is 4. The minimum atomic E-state index is -0.0638. The first kappa shape index (κ1) is 21.3. The van der Waals surface area contributed by atoms with E-state index < -0.39 is 0 Å². The molecule has 1 N–H and O–H groups in total. The molecule has 1 aliphatic carbocycles. The smallest absolute Gasteiger partial charge is 0.269 e. The van der Waals surface area contributed by atoms with Crippen molar-refractivity contribution in [3.63, 3.8) is 0 Å². The predicted octanol–water partition coefficient (Wildman–Crippen LogP) is 1.51. The average molecular weight is 418 g/mol. The number of aryl methyl sites for hydroxylation is 1. The first-order chi connectivity index (χ1) is 14.7. The number of rotatable bonds is 8. The molecule has 2 saturated heterocycles. The molecule has 3 heterocycles. The van der Waals surface area contributed by atoms with Gasteiger partial charge in [0.05, 0.1) is 0 Å². The molecule has 0 atom stereocenters. The lowest BCUT2D eigenvalue weighted by Crippen LogP contribution is -2.53. The van der Waals surface area contributed by atoms with Crippen molar-refractivity contribution in [2.24, 2.45) is 5.92 Å². The molecule has 0 unspecified atom stereocenters. The van der Waals surface area contributed by atoms with Crippen LogP contribution < -0.4 is 5.32 Å². The zero-order valence-corrected chi connectivity index (χ0v) is 18.1. The maximum atomic E-state index is 12.6. The van der Waals surface area contributed by atoms with Crippen LogP contribution in [0.25, 0.3) is 0 Å². The van der Waals surface area contributed by atoms with Crippen LogP contribution in [0.1, 0.15) is 55.9 Å². The summed E-state index contributed by atoms with van der Waals surface area (Å²) in [5.74, 6) is 0.608. The zero-order chi connectivity index (χ0) is 20.9. The van der Waals surface area contributed by atoms with Crippen molar-refractivity contribution in [1.82, 2.24) is 24.9 Å². The van der Waals surface area contributed by atoms with Crippen molar-refractivity contribution in [2.45, 2.75) is 64.1 Å². The Hall–Kier alpha value is -1.93. The molecule has 0 bridgehead atoms. The zero-order valence-electron chi connectivity index (χ0n) is 18.1. The molecule has 0 spiro atoms. The van der Waals surface area contributed by atoms with E-state index in [1.807, 2.05) is 6.92 Å². The number of piperidine rings is 1. The number of carbonyl (C=O) groups is 2. The molecule has 0 aromatic carbocycles. The van der Waals surface area contributed by atoms with Crippen molar-refractivity contribution in [1.29, 1.82) is 0 Å². The molecule has 1 aromatic rings. The first-order valence-electron chi connectivity index (χ1n) is 11.6. The van der Waals surface area contributed by atoms with Crippen molar-refractivity contribution in [3.8, 4) is 0 Å². The molecule has 0 radical (unpaired) electrons. The van der Waals surface area contributed by atoms with E-state index >= 15 is 0 Å². The Balaban J connectivity index is 1.32. The maximum Gasteiger partial charge on any atom is 0.269 e. The highest BCUT2D eigenvalue weighted by Crippen LogP contribution is 2.32. The number of carbonyl (C=O) groups excluding carboxylic acids is 2. The lowest BCUT2D eigenvalue weighted by molar-refractivity contribution is -0.134. The number of likely N-dealkylation sites (tertiary alicyclic amines) is 1. The topological polar surface area (TPSA) is 79.7 Å². The van der Waals surface area contributed by atoms with E-state index in [2.05, 4.69) is 20.2 Å². The molecular formula is C22H35N5O3. The first-order valence-corrected chi connectivity index (χ1v) is 11.6. The highest BCUT2D eigenvalue weighted by molar-refractivity contribution is 5.92. The van der Waals surface area contributed by atoms with Gasteiger partial charge in [-0.25, -0.2) is 0 Å². The largest absolute Gasteiger partial charge is 0.381 e. The SMILES string of the molecule is CCn1nccc1C(=O)NCCN(C1CCOCC1)C1CCN(C(=O)C2CC2)CC1. The van der Waals surface area contributed by atoms with Crippen LogP contribution in [0.3, 0.4) is 0 Å². The van der Waals surface area contributed by atoms with Gasteiger partial charge in [-0.15, -0.1) is 0 Å². The van der Waals surface area contributed by atoms with Gasteiger partial charge in [-0.05, 0) is 51.5 Å². The Morgan fingerprint density at radius 2 is 1.83 bits per heavy atom. The Morgan fingerprint density at radius 1 is 1.13 bits per heavy atom. The van der Waals surface area contributed by atoms with Crippen LogP contribution in [0, 0.1) is 5.92 Å². The molecule has 30 heavy (non-hydrogen) atoms. The third kappa shape index (κ3) is 5.03. The minimum absolute atomic E-state index is 0.0638. The van der Waals surface area contributed by atoms with Gasteiger partial charge in [-0.3, -0.25) is 19.2 Å². The van der Waals surface area contributed by atoms with Crippen molar-refractivity contribution < 1.29 is 14.3 Å². The van der Waals surface area contributed by atoms with Crippen LogP contribution in [0.5, 0.6) is 0 Å². The second kappa shape index (κ2) is 9.92. The summed E-state index contributed by atoms with van der Waals surface area (Å²) in [5, 5.41) is 7.26. The molecule has 166 valence electrons. The summed E-state index contributed by atoms with van der Waals surface area (Å²) in [4.78, 5) is 29.6. The molecule has 2 aliphatic heterocycles. The molecule has 8 heteroatoms. The Bertz CT molecular complexity index is 718. The number of ether oxygens (including phenoxy) is 1. The third-order valence-corrected chi connectivity index (χ3v) is 6.74. The summed E-state index contributed by atoms with van der Waals surface area (Å²) in [5.41, 5.74) is 0.613. The summed E-state index contributed by atoms with van der Waals surface area (Å²) >= 11 is 0. The Labute approximate surface area is 178 Å². The van der Waals surface area contributed by atoms with Crippen LogP contribution in [0.4, 0.5) is 0 Å². The molecule has 3 aliphatic rings.